The first-order valence-electron chi connectivity index (χ1n) is 2.73. The fourth-order valence-corrected chi connectivity index (χ4v) is 0.495. The van der Waals surface area contributed by atoms with Crippen molar-refractivity contribution in [2.24, 2.45) is 0 Å². The molecule has 0 radical (unpaired) electrons. The molecule has 0 aliphatic heterocycles. The van der Waals surface area contributed by atoms with Gasteiger partial charge in [0.25, 0.3) is 0 Å². The molecular weight excluding hydrogens is 255 g/mol. The molecule has 0 aromatic heterocycles. The minimum absolute atomic E-state index is 0. The fourth-order valence-electron chi connectivity index (χ4n) is 0.331. The van der Waals surface area contributed by atoms with Crippen LogP contribution < -0.4 is 5.11 Å². The number of carbonyl (C=O) groups excluding carboxylic acids is 2. The molecule has 0 saturated carbocycles. The molecule has 0 aromatic rings. The molecule has 0 aliphatic carbocycles. The van der Waals surface area contributed by atoms with E-state index >= 15 is 0 Å². The zero-order valence-corrected chi connectivity index (χ0v) is 10.1. The largest absolute Gasteiger partial charge is 2.00 e. The van der Waals surface area contributed by atoms with E-state index in [0.29, 0.717) is 0 Å². The second kappa shape index (κ2) is 6.95. The number of ether oxygens (including phenoxy) is 1. The van der Waals surface area contributed by atoms with Crippen LogP contribution in [0.4, 0.5) is 0 Å². The van der Waals surface area contributed by atoms with E-state index in [-0.39, 0.29) is 23.1 Å². The maximum atomic E-state index is 10.5. The van der Waals surface area contributed by atoms with Gasteiger partial charge in [0, 0.05) is 0 Å². The summed E-state index contributed by atoms with van der Waals surface area (Å²) in [5.41, 5.74) is 0. The van der Waals surface area contributed by atoms with Crippen molar-refractivity contribution in [1.29, 1.82) is 0 Å². The average Bonchev–Trinajstić information content (AvgIpc) is 1.80. The summed E-state index contributed by atoms with van der Waals surface area (Å²) in [6.45, 7) is -0.482. The molecule has 4 nitrogen and oxygen atoms in total. The van der Waals surface area contributed by atoms with Gasteiger partial charge in [-0.2, -0.15) is 0 Å². The number of carboxylic acid groups (broad SMARTS) is 1. The van der Waals surface area contributed by atoms with Gasteiger partial charge in [-0.1, -0.05) is 34.8 Å². The van der Waals surface area contributed by atoms with Gasteiger partial charge in [-0.25, -0.2) is 0 Å². The Morgan fingerprint density at radius 1 is 1.31 bits per heavy atom. The molecule has 0 bridgehead atoms. The summed E-state index contributed by atoms with van der Waals surface area (Å²) in [6, 6.07) is 0. The predicted octanol–water partition coefficient (Wildman–Crippen LogP) is -0.341. The van der Waals surface area contributed by atoms with Crippen LogP contribution in [-0.2, 0) is 14.3 Å². The van der Waals surface area contributed by atoms with Crippen LogP contribution in [0.3, 0.4) is 0 Å². The van der Waals surface area contributed by atoms with Crippen molar-refractivity contribution in [2.45, 2.75) is 10.2 Å². The Bertz CT molecular complexity index is 191. The summed E-state index contributed by atoms with van der Waals surface area (Å²) in [7, 11) is 0. The van der Waals surface area contributed by atoms with E-state index in [0.717, 1.165) is 0 Å². The number of rotatable bonds is 3. The van der Waals surface area contributed by atoms with Crippen molar-refractivity contribution in [3.63, 3.8) is 0 Å². The second-order valence-corrected chi connectivity index (χ2v) is 4.34. The topological polar surface area (TPSA) is 66.4 Å². The van der Waals surface area contributed by atoms with Crippen molar-refractivity contribution in [3.8, 4) is 0 Å². The Morgan fingerprint density at radius 3 is 2.08 bits per heavy atom. The first kappa shape index (κ1) is 16.0. The maximum Gasteiger partial charge on any atom is 2.00 e. The van der Waals surface area contributed by atoms with Crippen molar-refractivity contribution >= 4 is 69.8 Å². The molecule has 0 fully saturated rings. The van der Waals surface area contributed by atoms with E-state index in [1.165, 1.54) is 0 Å². The number of hydrogen-bond acceptors (Lipinski definition) is 4. The zero-order valence-electron chi connectivity index (χ0n) is 6.39. The summed E-state index contributed by atoms with van der Waals surface area (Å²) in [4.78, 5) is 20.3. The summed E-state index contributed by atoms with van der Waals surface area (Å²) in [5, 5.41) is 9.82. The van der Waals surface area contributed by atoms with Gasteiger partial charge < -0.3 is 14.6 Å². The van der Waals surface area contributed by atoms with Crippen LogP contribution in [0, 0.1) is 0 Å². The van der Waals surface area contributed by atoms with Gasteiger partial charge in [0.05, 0.1) is 12.4 Å². The third-order valence-corrected chi connectivity index (χ3v) is 1.01. The van der Waals surface area contributed by atoms with Gasteiger partial charge in [0.2, 0.25) is 3.79 Å². The van der Waals surface area contributed by atoms with Crippen molar-refractivity contribution < 1.29 is 19.4 Å². The van der Waals surface area contributed by atoms with Crippen molar-refractivity contribution in [2.75, 3.05) is 6.61 Å². The SMILES string of the molecule is O=C([O-])CC(=O)OCC(Cl)(Cl)Cl.[Mg+2]. The third-order valence-electron chi connectivity index (χ3n) is 0.685. The van der Waals surface area contributed by atoms with Gasteiger partial charge >= 0.3 is 29.0 Å². The minimum Gasteiger partial charge on any atom is -0.550 e. The van der Waals surface area contributed by atoms with Crippen LogP contribution in [0.1, 0.15) is 6.42 Å². The van der Waals surface area contributed by atoms with E-state index in [4.69, 9.17) is 34.8 Å². The summed E-state index contributed by atoms with van der Waals surface area (Å²) in [5.74, 6) is -2.54. The Morgan fingerprint density at radius 2 is 1.77 bits per heavy atom. The van der Waals surface area contributed by atoms with E-state index in [1.807, 2.05) is 0 Å². The van der Waals surface area contributed by atoms with E-state index < -0.39 is 28.8 Å². The molecule has 0 aliphatic rings. The second-order valence-electron chi connectivity index (χ2n) is 1.82. The summed E-state index contributed by atoms with van der Waals surface area (Å²) < 4.78 is 2.54. The van der Waals surface area contributed by atoms with Gasteiger partial charge in [-0.3, -0.25) is 4.79 Å². The van der Waals surface area contributed by atoms with Crippen LogP contribution in [-0.4, -0.2) is 45.4 Å². The Labute approximate surface area is 106 Å². The number of carboxylic acids is 1. The van der Waals surface area contributed by atoms with Crippen molar-refractivity contribution in [1.82, 2.24) is 0 Å². The van der Waals surface area contributed by atoms with Crippen LogP contribution in [0.15, 0.2) is 0 Å². The van der Waals surface area contributed by atoms with Crippen LogP contribution in [0.25, 0.3) is 0 Å². The molecule has 0 heterocycles. The Hall–Kier alpha value is 0.576. The maximum absolute atomic E-state index is 10.5. The van der Waals surface area contributed by atoms with Crippen molar-refractivity contribution in [3.05, 3.63) is 0 Å². The summed E-state index contributed by atoms with van der Waals surface area (Å²) in [6.07, 6.45) is -0.846. The number of carbonyl (C=O) groups is 2. The van der Waals surface area contributed by atoms with E-state index in [9.17, 15) is 14.7 Å². The Kier molecular flexibility index (Phi) is 8.56. The first-order valence-corrected chi connectivity index (χ1v) is 3.87. The number of esters is 1. The van der Waals surface area contributed by atoms with Crippen LogP contribution in [0.2, 0.25) is 0 Å². The number of aliphatic carboxylic acids is 1. The molecular formula is C5H4Cl3MgO4+. The van der Waals surface area contributed by atoms with Crippen LogP contribution in [0.5, 0.6) is 0 Å². The summed E-state index contributed by atoms with van der Waals surface area (Å²) >= 11 is 15.6. The predicted molar refractivity (Wildman–Crippen MR) is 46.6 cm³/mol. The quantitative estimate of drug-likeness (QED) is 0.301. The number of hydrogen-bond donors (Lipinski definition) is 0. The van der Waals surface area contributed by atoms with Crippen LogP contribution >= 0.6 is 34.8 Å². The smallest absolute Gasteiger partial charge is 0.550 e. The molecule has 0 N–H and O–H groups in total. The molecule has 0 atom stereocenters. The molecule has 0 aromatic carbocycles. The van der Waals surface area contributed by atoms with E-state index in [1.54, 1.807) is 0 Å². The molecule has 8 heteroatoms. The number of alkyl halides is 3. The molecule has 0 unspecified atom stereocenters. The van der Waals surface area contributed by atoms with Gasteiger partial charge in [-0.05, 0) is 0 Å². The molecule has 0 amide bonds. The normalized spacial score (nSPS) is 10.1. The average molecular weight is 259 g/mol. The minimum atomic E-state index is -1.72. The molecule has 0 saturated heterocycles. The van der Waals surface area contributed by atoms with Gasteiger partial charge in [0.1, 0.15) is 6.61 Å². The monoisotopic (exact) mass is 257 g/mol. The van der Waals surface area contributed by atoms with Gasteiger partial charge in [-0.15, -0.1) is 0 Å². The number of halogens is 3. The first-order chi connectivity index (χ1) is 5.31. The third kappa shape index (κ3) is 12.6. The van der Waals surface area contributed by atoms with E-state index in [2.05, 4.69) is 4.74 Å². The molecule has 0 spiro atoms. The molecule has 70 valence electrons. The standard InChI is InChI=1S/C5H5Cl3O4.Mg/c6-5(7,8)2-12-4(11)1-3(9)10;/h1-2H2,(H,9,10);/q;+2/p-1. The van der Waals surface area contributed by atoms with Gasteiger partial charge in [0.15, 0.2) is 0 Å². The molecule has 13 heavy (non-hydrogen) atoms. The molecule has 0 rings (SSSR count). The zero-order chi connectivity index (χ0) is 9.78. The fraction of sp³-hybridized carbons (Fsp3) is 0.600. The Balaban J connectivity index is 0.